The molecule has 0 aliphatic carbocycles. The fourth-order valence-corrected chi connectivity index (χ4v) is 8.04. The van der Waals surface area contributed by atoms with Crippen LogP contribution in [0, 0.1) is 45.8 Å². The normalized spacial score (nSPS) is 11.1. The second-order valence-corrected chi connectivity index (χ2v) is 19.6. The highest BCUT2D eigenvalue weighted by atomic mass is 32.2. The molecular formula is C48H48F2N10O8S2. The minimum absolute atomic E-state index is 0.0138. The van der Waals surface area contributed by atoms with Crippen LogP contribution in [0.1, 0.15) is 102 Å². The zero-order valence-electron chi connectivity index (χ0n) is 39.1. The Morgan fingerprint density at radius 3 is 1.59 bits per heavy atom. The van der Waals surface area contributed by atoms with E-state index in [1.54, 1.807) is 59.9 Å². The molecule has 0 saturated heterocycles. The smallest absolute Gasteiger partial charge is 0.333 e. The summed E-state index contributed by atoms with van der Waals surface area (Å²) in [7, 11) is -8.07. The molecule has 0 fully saturated rings. The molecule has 4 heterocycles. The molecule has 0 bridgehead atoms. The van der Waals surface area contributed by atoms with E-state index in [0.29, 0.717) is 33.6 Å². The van der Waals surface area contributed by atoms with Gasteiger partial charge in [0.15, 0.2) is 5.75 Å². The molecule has 22 heteroatoms. The van der Waals surface area contributed by atoms with E-state index in [2.05, 4.69) is 15.3 Å². The van der Waals surface area contributed by atoms with E-state index in [1.165, 1.54) is 76.3 Å². The van der Waals surface area contributed by atoms with Crippen LogP contribution in [0.25, 0.3) is 22.3 Å². The molecule has 0 aliphatic rings. The fraction of sp³-hybridized carbons (Fsp3) is 0.250. The Hall–Kier alpha value is -8.10. The maximum Gasteiger partial charge on any atom is 0.333 e. The van der Waals surface area contributed by atoms with Crippen LogP contribution in [0.2, 0.25) is 0 Å². The lowest BCUT2D eigenvalue weighted by Gasteiger charge is -2.19. The first-order valence-corrected chi connectivity index (χ1v) is 24.1. The summed E-state index contributed by atoms with van der Waals surface area (Å²) >= 11 is 0. The highest BCUT2D eigenvalue weighted by Crippen LogP contribution is 2.38. The van der Waals surface area contributed by atoms with Gasteiger partial charge in [0, 0.05) is 65.7 Å². The summed E-state index contributed by atoms with van der Waals surface area (Å²) < 4.78 is 85.5. The van der Waals surface area contributed by atoms with Crippen molar-refractivity contribution in [1.29, 1.82) is 15.8 Å². The van der Waals surface area contributed by atoms with Crippen LogP contribution in [-0.2, 0) is 20.0 Å². The van der Waals surface area contributed by atoms with Crippen LogP contribution in [0.15, 0.2) is 117 Å². The lowest BCUT2D eigenvalue weighted by molar-refractivity contribution is 0.256. The van der Waals surface area contributed by atoms with E-state index < -0.39 is 37.7 Å². The first-order valence-electron chi connectivity index (χ1n) is 21.1. The Labute approximate surface area is 403 Å². The number of urea groups is 1. The van der Waals surface area contributed by atoms with Gasteiger partial charge in [0.25, 0.3) is 27.4 Å². The summed E-state index contributed by atoms with van der Waals surface area (Å²) in [6.45, 7) is 14.4. The van der Waals surface area contributed by atoms with Gasteiger partial charge in [-0.05, 0) is 117 Å². The zero-order valence-corrected chi connectivity index (χ0v) is 40.7. The van der Waals surface area contributed by atoms with Crippen LogP contribution in [0.3, 0.4) is 0 Å². The third-order valence-electron chi connectivity index (χ3n) is 10.0. The number of sulfonamides is 2. The van der Waals surface area contributed by atoms with Gasteiger partial charge < -0.3 is 19.2 Å². The van der Waals surface area contributed by atoms with E-state index >= 15 is 0 Å². The Balaban J connectivity index is 0.000000256. The monoisotopic (exact) mass is 994 g/mol. The number of benzene rings is 2. The molecule has 0 atom stereocenters. The van der Waals surface area contributed by atoms with Crippen molar-refractivity contribution in [2.75, 3.05) is 5.32 Å². The number of amides is 2. The molecule has 6 aromatic rings. The Bertz CT molecular complexity index is 3410. The number of primary sulfonamides is 1. The highest BCUT2D eigenvalue weighted by molar-refractivity contribution is 7.90. The largest absolute Gasteiger partial charge is 0.387 e. The lowest BCUT2D eigenvalue weighted by atomic mass is 9.94. The molecule has 2 aromatic carbocycles. The number of ether oxygens (including phenoxy) is 1. The summed E-state index contributed by atoms with van der Waals surface area (Å²) in [6, 6.07) is 18.2. The van der Waals surface area contributed by atoms with E-state index in [9.17, 15) is 45.3 Å². The zero-order chi connectivity index (χ0) is 52.2. The summed E-state index contributed by atoms with van der Waals surface area (Å²) in [6.07, 6.45) is 6.89. The van der Waals surface area contributed by atoms with E-state index in [0.717, 1.165) is 18.3 Å². The van der Waals surface area contributed by atoms with Gasteiger partial charge in [-0.3, -0.25) is 9.59 Å². The SMILES string of the molecule is CC(C)c1cc(F)cc(-c2ccnc(C#N)c2)c1NC(=O)NS(=O)(=O)c1ccc(=O)n(C(C)C)c1.CC(C)c1cc(F)cc(-c2ccnc(C#N)c2)c1OC#N.CC(C)n1cc(S(N)(=O)=O)ccc1=O. The summed E-state index contributed by atoms with van der Waals surface area (Å²) in [5, 5.41) is 34.4. The average Bonchev–Trinajstić information content (AvgIpc) is 3.29. The number of anilines is 1. The predicted octanol–water partition coefficient (Wildman–Crippen LogP) is 7.96. The van der Waals surface area contributed by atoms with Gasteiger partial charge in [-0.25, -0.2) is 50.2 Å². The van der Waals surface area contributed by atoms with Gasteiger partial charge in [-0.15, -0.1) is 5.26 Å². The number of hydrogen-bond acceptors (Lipinski definition) is 13. The Morgan fingerprint density at radius 2 is 1.13 bits per heavy atom. The quantitative estimate of drug-likeness (QED) is 0.104. The molecule has 70 heavy (non-hydrogen) atoms. The summed E-state index contributed by atoms with van der Waals surface area (Å²) in [5.74, 6) is -0.921. The van der Waals surface area contributed by atoms with E-state index in [-0.39, 0.29) is 67.5 Å². The Morgan fingerprint density at radius 1 is 0.671 bits per heavy atom. The van der Waals surface area contributed by atoms with Crippen molar-refractivity contribution in [1.82, 2.24) is 23.8 Å². The molecule has 0 radical (unpaired) electrons. The first kappa shape index (κ1) is 54.5. The number of rotatable bonds is 11. The van der Waals surface area contributed by atoms with Crippen molar-refractivity contribution in [2.24, 2.45) is 5.14 Å². The second kappa shape index (κ2) is 23.3. The molecule has 0 unspecified atom stereocenters. The van der Waals surface area contributed by atoms with Crippen LogP contribution in [0.5, 0.6) is 5.75 Å². The van der Waals surface area contributed by atoms with Crippen molar-refractivity contribution < 1.29 is 35.1 Å². The van der Waals surface area contributed by atoms with Gasteiger partial charge in [0.2, 0.25) is 10.0 Å². The molecule has 0 saturated carbocycles. The number of nitriles is 3. The van der Waals surface area contributed by atoms with Gasteiger partial charge in [-0.2, -0.15) is 10.5 Å². The van der Waals surface area contributed by atoms with Crippen LogP contribution in [0.4, 0.5) is 19.3 Å². The summed E-state index contributed by atoms with van der Waals surface area (Å²) in [4.78, 5) is 43.5. The van der Waals surface area contributed by atoms with Crippen LogP contribution in [-0.4, -0.2) is 42.0 Å². The topological polar surface area (TPSA) is 286 Å². The van der Waals surface area contributed by atoms with E-state index in [1.807, 2.05) is 30.7 Å². The van der Waals surface area contributed by atoms with Gasteiger partial charge >= 0.3 is 6.03 Å². The number of nitrogens with two attached hydrogens (primary N) is 1. The Kier molecular flexibility index (Phi) is 18.1. The molecule has 0 spiro atoms. The molecule has 0 aliphatic heterocycles. The van der Waals surface area contributed by atoms with Crippen molar-refractivity contribution in [2.45, 2.75) is 89.1 Å². The number of nitrogens with one attached hydrogen (secondary N) is 2. The molecule has 364 valence electrons. The molecule has 2 amide bonds. The summed E-state index contributed by atoms with van der Waals surface area (Å²) in [5.41, 5.74) is 2.58. The minimum Gasteiger partial charge on any atom is -0.387 e. The molecule has 4 aromatic heterocycles. The number of carbonyl (C=O) groups excluding carboxylic acids is 1. The number of carbonyl (C=O) groups is 1. The second-order valence-electron chi connectivity index (χ2n) is 16.4. The highest BCUT2D eigenvalue weighted by Gasteiger charge is 2.23. The van der Waals surface area contributed by atoms with Crippen LogP contribution < -0.4 is 31.0 Å². The molecule has 4 N–H and O–H groups in total. The number of aromatic nitrogens is 4. The average molecular weight is 995 g/mol. The van der Waals surface area contributed by atoms with Gasteiger partial charge in [0.05, 0.1) is 10.6 Å². The molecular weight excluding hydrogens is 947 g/mol. The van der Waals surface area contributed by atoms with E-state index in [4.69, 9.17) is 20.4 Å². The first-order chi connectivity index (χ1) is 32.8. The van der Waals surface area contributed by atoms with Gasteiger partial charge in [0.1, 0.15) is 40.1 Å². The van der Waals surface area contributed by atoms with Crippen molar-refractivity contribution in [3.8, 4) is 46.4 Å². The number of pyridine rings is 4. The maximum absolute atomic E-state index is 14.5. The fourth-order valence-electron chi connectivity index (χ4n) is 6.61. The van der Waals surface area contributed by atoms with Crippen LogP contribution >= 0.6 is 0 Å². The standard InChI is InChI=1S/C24H24FN5O4S.C16H12FN3O.C8H12N2O3S/c1-14(2)20-10-17(25)11-21(16-7-8-27-18(9-16)12-26)23(20)28-24(32)29-35(33,34)19-5-6-22(31)30(13-19)15(3)4;1-10(2)14-6-12(17)7-15(16(14)21-9-19)11-3-4-20-13(5-11)8-18;1-6(2)10-5-7(14(9,12)13)3-4-8(10)11/h5-11,13-15H,1-4H3,(H2,28,29,32);3-7,10H,1-2H3;3-6H,1-2H3,(H2,9,12,13). The van der Waals surface area contributed by atoms with Crippen molar-refractivity contribution >= 4 is 31.8 Å². The third kappa shape index (κ3) is 14.0. The lowest BCUT2D eigenvalue weighted by Crippen LogP contribution is -2.35. The predicted molar refractivity (Wildman–Crippen MR) is 256 cm³/mol. The van der Waals surface area contributed by atoms with Crippen molar-refractivity contribution in [3.05, 3.63) is 152 Å². The number of hydrogen-bond donors (Lipinski definition) is 3. The van der Waals surface area contributed by atoms with Gasteiger partial charge in [-0.1, -0.05) is 27.7 Å². The molecule has 18 nitrogen and oxygen atoms in total. The number of halogens is 2. The molecule has 6 rings (SSSR count). The minimum atomic E-state index is -4.33. The third-order valence-corrected chi connectivity index (χ3v) is 12.2. The number of nitrogens with zero attached hydrogens (tertiary/aromatic N) is 7. The maximum atomic E-state index is 14.5. The van der Waals surface area contributed by atoms with Crippen molar-refractivity contribution in [3.63, 3.8) is 0 Å².